The molecule has 10 heteroatoms. The van der Waals surface area contributed by atoms with Crippen molar-refractivity contribution in [1.29, 1.82) is 0 Å². The number of ether oxygens (including phenoxy) is 2. The van der Waals surface area contributed by atoms with Gasteiger partial charge in [-0.1, -0.05) is 12.2 Å². The van der Waals surface area contributed by atoms with Gasteiger partial charge in [0.15, 0.2) is 18.2 Å². The van der Waals surface area contributed by atoms with Gasteiger partial charge in [-0.2, -0.15) is 5.10 Å². The van der Waals surface area contributed by atoms with Gasteiger partial charge >= 0.3 is 12.1 Å². The number of benzene rings is 1. The first kappa shape index (κ1) is 24.7. The monoisotopic (exact) mass is 469 g/mol. The van der Waals surface area contributed by atoms with E-state index in [0.29, 0.717) is 17.9 Å². The summed E-state index contributed by atoms with van der Waals surface area (Å²) in [5, 5.41) is 12.5. The van der Waals surface area contributed by atoms with Crippen LogP contribution in [-0.2, 0) is 14.3 Å². The number of carboxylic acids is 1. The number of hydrazone groups is 1. The normalized spacial score (nSPS) is 19.6. The second-order valence-corrected chi connectivity index (χ2v) is 8.92. The summed E-state index contributed by atoms with van der Waals surface area (Å²) in [7, 11) is 0. The predicted octanol–water partition coefficient (Wildman–Crippen LogP) is 2.41. The van der Waals surface area contributed by atoms with Gasteiger partial charge in [0.1, 0.15) is 11.4 Å². The quantitative estimate of drug-likeness (QED) is 0.337. The number of amides is 1. The lowest BCUT2D eigenvalue weighted by molar-refractivity contribution is -0.139. The molecule has 3 rings (SSSR count). The van der Waals surface area contributed by atoms with Crippen molar-refractivity contribution in [3.05, 3.63) is 53.8 Å². The van der Waals surface area contributed by atoms with E-state index in [4.69, 9.17) is 14.6 Å². The smallest absolute Gasteiger partial charge is 0.428 e. The van der Waals surface area contributed by atoms with Crippen LogP contribution in [0.2, 0.25) is 0 Å². The molecule has 1 heterocycles. The van der Waals surface area contributed by atoms with Crippen molar-refractivity contribution in [2.45, 2.75) is 26.4 Å². The lowest BCUT2D eigenvalue weighted by Crippen LogP contribution is -2.33. The van der Waals surface area contributed by atoms with Crippen LogP contribution in [0.5, 0.6) is 5.75 Å². The number of rotatable bonds is 8. The number of allylic oxidation sites excluding steroid dienone is 2. The number of carbonyl (C=O) groups excluding carboxylic acids is 3. The Labute approximate surface area is 196 Å². The van der Waals surface area contributed by atoms with Crippen LogP contribution in [0.3, 0.4) is 0 Å². The minimum Gasteiger partial charge on any atom is -0.482 e. The molecule has 1 aromatic rings. The number of nitrogens with zero attached hydrogens (tertiary/aromatic N) is 2. The summed E-state index contributed by atoms with van der Waals surface area (Å²) in [4.78, 5) is 49.6. The number of fused-ring (bicyclic) bond motifs is 1. The maximum Gasteiger partial charge on any atom is 0.428 e. The highest BCUT2D eigenvalue weighted by Gasteiger charge is 2.35. The molecule has 2 N–H and O–H groups in total. The van der Waals surface area contributed by atoms with E-state index in [2.05, 4.69) is 10.5 Å². The summed E-state index contributed by atoms with van der Waals surface area (Å²) in [6.45, 7) is 5.21. The van der Waals surface area contributed by atoms with E-state index in [0.717, 1.165) is 5.57 Å². The molecular formula is C24H27N3O7. The van der Waals surface area contributed by atoms with Crippen LogP contribution < -0.4 is 10.2 Å². The topological polar surface area (TPSA) is 135 Å². The van der Waals surface area contributed by atoms with Crippen LogP contribution in [0, 0.1) is 11.8 Å². The number of carboxylic acid groups (broad SMARTS) is 1. The van der Waals surface area contributed by atoms with E-state index < -0.39 is 30.2 Å². The number of Topliss-reactive ketones (excluding diaryl/α,β-unsaturated/α-hetero) is 2. The molecule has 0 saturated heterocycles. The van der Waals surface area contributed by atoms with Crippen molar-refractivity contribution in [3.63, 3.8) is 0 Å². The minimum absolute atomic E-state index is 0.0710. The lowest BCUT2D eigenvalue weighted by Gasteiger charge is -2.21. The summed E-state index contributed by atoms with van der Waals surface area (Å²) < 4.78 is 10.2. The first-order valence-electron chi connectivity index (χ1n) is 10.7. The second kappa shape index (κ2) is 10.3. The van der Waals surface area contributed by atoms with Gasteiger partial charge in [-0.05, 0) is 50.6 Å². The number of carbonyl (C=O) groups is 4. The summed E-state index contributed by atoms with van der Waals surface area (Å²) in [5.74, 6) is -1.92. The Hall–Kier alpha value is -3.95. The van der Waals surface area contributed by atoms with Crippen LogP contribution in [0.1, 0.15) is 31.1 Å². The predicted molar refractivity (Wildman–Crippen MR) is 123 cm³/mol. The Morgan fingerprint density at radius 3 is 2.59 bits per heavy atom. The molecule has 2 aliphatic rings. The van der Waals surface area contributed by atoms with E-state index in [1.54, 1.807) is 62.2 Å². The van der Waals surface area contributed by atoms with Gasteiger partial charge < -0.3 is 19.5 Å². The van der Waals surface area contributed by atoms with Gasteiger partial charge in [-0.3, -0.25) is 9.59 Å². The van der Waals surface area contributed by atoms with Crippen LogP contribution in [0.4, 0.5) is 4.79 Å². The van der Waals surface area contributed by atoms with Crippen molar-refractivity contribution < 1.29 is 33.8 Å². The molecule has 1 aliphatic carbocycles. The molecule has 0 fully saturated rings. The highest BCUT2D eigenvalue weighted by Crippen LogP contribution is 2.30. The van der Waals surface area contributed by atoms with Crippen molar-refractivity contribution in [2.75, 3.05) is 19.7 Å². The van der Waals surface area contributed by atoms with Crippen LogP contribution in [0.25, 0.3) is 0 Å². The van der Waals surface area contributed by atoms with Gasteiger partial charge in [0, 0.05) is 24.5 Å². The Balaban J connectivity index is 1.52. The van der Waals surface area contributed by atoms with Gasteiger partial charge in [0.2, 0.25) is 0 Å². The largest absolute Gasteiger partial charge is 0.482 e. The molecule has 0 saturated carbocycles. The van der Waals surface area contributed by atoms with E-state index in [1.807, 2.05) is 6.08 Å². The molecular weight excluding hydrogens is 442 g/mol. The fraction of sp³-hybridized carbons (Fsp3) is 0.375. The van der Waals surface area contributed by atoms with Crippen LogP contribution in [-0.4, -0.2) is 65.1 Å². The minimum atomic E-state index is -1.08. The summed E-state index contributed by atoms with van der Waals surface area (Å²) in [6.07, 6.45) is 5.99. The van der Waals surface area contributed by atoms with Crippen molar-refractivity contribution in [1.82, 2.24) is 10.3 Å². The third kappa shape index (κ3) is 6.77. The number of aliphatic carboxylic acids is 1. The molecule has 0 aromatic heterocycles. The first-order valence-corrected chi connectivity index (χ1v) is 10.7. The van der Waals surface area contributed by atoms with Gasteiger partial charge in [-0.15, -0.1) is 0 Å². The molecule has 0 bridgehead atoms. The van der Waals surface area contributed by atoms with E-state index in [9.17, 15) is 19.2 Å². The number of ketones is 2. The Bertz CT molecular complexity index is 1050. The summed E-state index contributed by atoms with van der Waals surface area (Å²) in [5.41, 5.74) is 2.87. The van der Waals surface area contributed by atoms with Crippen molar-refractivity contribution >= 4 is 29.8 Å². The lowest BCUT2D eigenvalue weighted by atomic mass is 9.84. The fourth-order valence-corrected chi connectivity index (χ4v) is 3.51. The molecule has 180 valence electrons. The Kier molecular flexibility index (Phi) is 7.50. The fourth-order valence-electron chi connectivity index (χ4n) is 3.51. The zero-order valence-corrected chi connectivity index (χ0v) is 19.2. The third-order valence-electron chi connectivity index (χ3n) is 4.99. The van der Waals surface area contributed by atoms with Crippen molar-refractivity contribution in [3.8, 4) is 5.75 Å². The SMILES string of the molecule is CC(C)(C)OC(=O)NN=CC1C=CC2=CN(CC(=O)c3ccc(OCC(=O)O)cc3)CC2C1=O. The average Bonchev–Trinajstić information content (AvgIpc) is 3.16. The Morgan fingerprint density at radius 1 is 1.24 bits per heavy atom. The molecule has 1 aromatic carbocycles. The average molecular weight is 469 g/mol. The van der Waals surface area contributed by atoms with Crippen LogP contribution in [0.15, 0.2) is 53.3 Å². The number of hydrogen-bond donors (Lipinski definition) is 2. The Morgan fingerprint density at radius 2 is 1.94 bits per heavy atom. The highest BCUT2D eigenvalue weighted by molar-refractivity contribution is 6.02. The molecule has 2 unspecified atom stereocenters. The van der Waals surface area contributed by atoms with E-state index in [1.165, 1.54) is 6.21 Å². The zero-order valence-electron chi connectivity index (χ0n) is 19.2. The molecule has 34 heavy (non-hydrogen) atoms. The standard InChI is InChI=1S/C24H27N3O7/c1-24(2,3)34-23(32)26-25-10-16-4-5-17-11-27(12-19(17)22(16)31)13-20(28)15-6-8-18(9-7-15)33-14-21(29)30/h4-11,16,19H,12-14H2,1-3H3,(H,26,32)(H,29,30). The first-order chi connectivity index (χ1) is 16.0. The zero-order chi connectivity index (χ0) is 24.9. The van der Waals surface area contributed by atoms with Crippen LogP contribution >= 0.6 is 0 Å². The highest BCUT2D eigenvalue weighted by atomic mass is 16.6. The maximum absolute atomic E-state index is 12.9. The number of hydrogen-bond acceptors (Lipinski definition) is 8. The molecule has 0 spiro atoms. The van der Waals surface area contributed by atoms with Crippen molar-refractivity contribution in [2.24, 2.45) is 16.9 Å². The molecule has 1 amide bonds. The van der Waals surface area contributed by atoms with Gasteiger partial charge in [0.05, 0.1) is 18.4 Å². The number of nitrogens with one attached hydrogen (secondary N) is 1. The molecule has 0 radical (unpaired) electrons. The molecule has 1 aliphatic heterocycles. The molecule has 10 nitrogen and oxygen atoms in total. The summed E-state index contributed by atoms with van der Waals surface area (Å²) >= 11 is 0. The third-order valence-corrected chi connectivity index (χ3v) is 4.99. The van der Waals surface area contributed by atoms with E-state index in [-0.39, 0.29) is 24.0 Å². The van der Waals surface area contributed by atoms with Gasteiger partial charge in [0.25, 0.3) is 0 Å². The van der Waals surface area contributed by atoms with E-state index >= 15 is 0 Å². The maximum atomic E-state index is 12.9. The van der Waals surface area contributed by atoms with Gasteiger partial charge in [-0.25, -0.2) is 15.0 Å². The second-order valence-electron chi connectivity index (χ2n) is 8.92. The summed E-state index contributed by atoms with van der Waals surface area (Å²) in [6, 6.07) is 6.23. The molecule has 2 atom stereocenters.